The van der Waals surface area contributed by atoms with E-state index in [1.54, 1.807) is 6.07 Å². The summed E-state index contributed by atoms with van der Waals surface area (Å²) in [4.78, 5) is 12.4. The number of rotatable bonds is 3. The van der Waals surface area contributed by atoms with Gasteiger partial charge in [-0.1, -0.05) is 37.9 Å². The number of hydrogen-bond acceptors (Lipinski definition) is 3. The molecule has 0 unspecified atom stereocenters. The lowest BCUT2D eigenvalue weighted by atomic mass is 10.1. The minimum absolute atomic E-state index is 0.216. The predicted octanol–water partition coefficient (Wildman–Crippen LogP) is 4.66. The highest BCUT2D eigenvalue weighted by atomic mass is 79.9. The van der Waals surface area contributed by atoms with E-state index in [0.29, 0.717) is 11.3 Å². The third-order valence-electron chi connectivity index (χ3n) is 3.00. The number of ether oxygens (including phenoxy) is 1. The van der Waals surface area contributed by atoms with Gasteiger partial charge in [-0.15, -0.1) is 0 Å². The highest BCUT2D eigenvalue weighted by Gasteiger charge is 2.16. The van der Waals surface area contributed by atoms with Crippen molar-refractivity contribution in [3.8, 4) is 5.75 Å². The fraction of sp³-hybridized carbons (Fsp3) is 0.125. The highest BCUT2D eigenvalue weighted by molar-refractivity contribution is 9.10. The van der Waals surface area contributed by atoms with Gasteiger partial charge in [0.25, 0.3) is 5.91 Å². The van der Waals surface area contributed by atoms with Crippen molar-refractivity contribution in [2.75, 3.05) is 12.4 Å². The third-order valence-corrected chi connectivity index (χ3v) is 4.15. The van der Waals surface area contributed by atoms with Crippen molar-refractivity contribution >= 4 is 60.8 Å². The Morgan fingerprint density at radius 2 is 1.91 bits per heavy atom. The highest BCUT2D eigenvalue weighted by Crippen LogP contribution is 2.27. The number of benzene rings is 2. The SMILES string of the molecule is COc1c(C)cc(Br)cc1C(=O)NC(=S)Nc1cccc(Br)c1. The van der Waals surface area contributed by atoms with Gasteiger partial charge in [0.1, 0.15) is 5.75 Å². The third kappa shape index (κ3) is 4.76. The van der Waals surface area contributed by atoms with Crippen LogP contribution >= 0.6 is 44.1 Å². The zero-order chi connectivity index (χ0) is 17.0. The Balaban J connectivity index is 2.14. The van der Waals surface area contributed by atoms with Crippen LogP contribution in [0, 0.1) is 6.92 Å². The molecule has 0 aliphatic carbocycles. The van der Waals surface area contributed by atoms with Crippen molar-refractivity contribution in [1.82, 2.24) is 5.32 Å². The van der Waals surface area contributed by atoms with E-state index >= 15 is 0 Å². The molecular formula is C16H14Br2N2O2S. The maximum absolute atomic E-state index is 12.4. The van der Waals surface area contributed by atoms with Crippen LogP contribution in [-0.4, -0.2) is 18.1 Å². The monoisotopic (exact) mass is 456 g/mol. The number of anilines is 1. The lowest BCUT2D eigenvalue weighted by Crippen LogP contribution is -2.34. The van der Waals surface area contributed by atoms with Gasteiger partial charge >= 0.3 is 0 Å². The second-order valence-corrected chi connectivity index (χ2v) is 6.96. The number of hydrogen-bond donors (Lipinski definition) is 2. The van der Waals surface area contributed by atoms with Crippen LogP contribution in [0.5, 0.6) is 5.75 Å². The molecule has 0 saturated carbocycles. The first-order valence-electron chi connectivity index (χ1n) is 6.62. The second-order valence-electron chi connectivity index (χ2n) is 4.72. The maximum atomic E-state index is 12.4. The van der Waals surface area contributed by atoms with E-state index in [0.717, 1.165) is 20.2 Å². The topological polar surface area (TPSA) is 50.4 Å². The Bertz CT molecular complexity index is 766. The Labute approximate surface area is 156 Å². The summed E-state index contributed by atoms with van der Waals surface area (Å²) in [7, 11) is 1.53. The molecule has 0 saturated heterocycles. The lowest BCUT2D eigenvalue weighted by molar-refractivity contribution is 0.0974. The number of carbonyl (C=O) groups excluding carboxylic acids is 1. The average Bonchev–Trinajstić information content (AvgIpc) is 2.46. The molecule has 0 bridgehead atoms. The first-order chi connectivity index (χ1) is 10.9. The van der Waals surface area contributed by atoms with Crippen molar-refractivity contribution in [1.29, 1.82) is 0 Å². The van der Waals surface area contributed by atoms with Crippen LogP contribution in [0.25, 0.3) is 0 Å². The first-order valence-corrected chi connectivity index (χ1v) is 8.62. The number of carbonyl (C=O) groups is 1. The van der Waals surface area contributed by atoms with Crippen molar-refractivity contribution in [2.45, 2.75) is 6.92 Å². The number of halogens is 2. The molecule has 0 aliphatic rings. The van der Waals surface area contributed by atoms with Crippen LogP contribution in [-0.2, 0) is 0 Å². The number of amides is 1. The van der Waals surface area contributed by atoms with E-state index in [2.05, 4.69) is 42.5 Å². The quantitative estimate of drug-likeness (QED) is 0.658. The van der Waals surface area contributed by atoms with Gasteiger partial charge in [-0.2, -0.15) is 0 Å². The summed E-state index contributed by atoms with van der Waals surface area (Å²) < 4.78 is 7.03. The average molecular weight is 458 g/mol. The molecule has 1 amide bonds. The van der Waals surface area contributed by atoms with E-state index < -0.39 is 0 Å². The summed E-state index contributed by atoms with van der Waals surface area (Å²) in [6.07, 6.45) is 0. The molecule has 23 heavy (non-hydrogen) atoms. The largest absolute Gasteiger partial charge is 0.496 e. The molecule has 0 atom stereocenters. The molecule has 0 radical (unpaired) electrons. The first kappa shape index (κ1) is 17.9. The molecular weight excluding hydrogens is 444 g/mol. The standard InChI is InChI=1S/C16H14Br2N2O2S/c1-9-6-11(18)8-13(14(9)22-2)15(21)20-16(23)19-12-5-3-4-10(17)7-12/h3-8H,1-2H3,(H2,19,20,21,23). The van der Waals surface area contributed by atoms with Crippen molar-refractivity contribution in [3.05, 3.63) is 56.5 Å². The normalized spacial score (nSPS) is 10.1. The van der Waals surface area contributed by atoms with Crippen LogP contribution in [0.15, 0.2) is 45.3 Å². The summed E-state index contributed by atoms with van der Waals surface area (Å²) in [5, 5.41) is 5.84. The summed E-state index contributed by atoms with van der Waals surface area (Å²) >= 11 is 12.0. The van der Waals surface area contributed by atoms with Gasteiger partial charge in [-0.25, -0.2) is 0 Å². The van der Waals surface area contributed by atoms with Crippen LogP contribution in [0.3, 0.4) is 0 Å². The minimum Gasteiger partial charge on any atom is -0.496 e. The maximum Gasteiger partial charge on any atom is 0.261 e. The molecule has 2 aromatic carbocycles. The van der Waals surface area contributed by atoms with Gasteiger partial charge in [0.15, 0.2) is 5.11 Å². The van der Waals surface area contributed by atoms with Crippen LogP contribution in [0.2, 0.25) is 0 Å². The molecule has 0 spiro atoms. The zero-order valence-electron chi connectivity index (χ0n) is 12.4. The Morgan fingerprint density at radius 1 is 1.17 bits per heavy atom. The van der Waals surface area contributed by atoms with E-state index in [-0.39, 0.29) is 11.0 Å². The van der Waals surface area contributed by atoms with Gasteiger partial charge in [0.2, 0.25) is 0 Å². The number of nitrogens with one attached hydrogen (secondary N) is 2. The van der Waals surface area contributed by atoms with E-state index in [9.17, 15) is 4.79 Å². The summed E-state index contributed by atoms with van der Waals surface area (Å²) in [5.74, 6) is 0.190. The van der Waals surface area contributed by atoms with Gasteiger partial charge in [0.05, 0.1) is 12.7 Å². The van der Waals surface area contributed by atoms with Gasteiger partial charge in [-0.3, -0.25) is 10.1 Å². The molecule has 0 heterocycles. The van der Waals surface area contributed by atoms with Crippen molar-refractivity contribution in [2.24, 2.45) is 0 Å². The number of aryl methyl sites for hydroxylation is 1. The van der Waals surface area contributed by atoms with Crippen molar-refractivity contribution < 1.29 is 9.53 Å². The molecule has 4 nitrogen and oxygen atoms in total. The molecule has 0 aromatic heterocycles. The van der Waals surface area contributed by atoms with E-state index in [4.69, 9.17) is 17.0 Å². The molecule has 0 fully saturated rings. The van der Waals surface area contributed by atoms with E-state index in [1.165, 1.54) is 7.11 Å². The van der Waals surface area contributed by atoms with Gasteiger partial charge in [-0.05, 0) is 55.0 Å². The Hall–Kier alpha value is -1.44. The molecule has 2 rings (SSSR count). The number of thiocarbonyl (C=S) groups is 1. The van der Waals surface area contributed by atoms with Crippen LogP contribution in [0.4, 0.5) is 5.69 Å². The van der Waals surface area contributed by atoms with Crippen LogP contribution < -0.4 is 15.4 Å². The minimum atomic E-state index is -0.334. The Morgan fingerprint density at radius 3 is 2.57 bits per heavy atom. The Kier molecular flexibility index (Phi) is 6.15. The van der Waals surface area contributed by atoms with Crippen LogP contribution in [0.1, 0.15) is 15.9 Å². The fourth-order valence-corrected chi connectivity index (χ4v) is 3.25. The van der Waals surface area contributed by atoms with Gasteiger partial charge in [0, 0.05) is 14.6 Å². The fourth-order valence-electron chi connectivity index (χ4n) is 2.07. The summed E-state index contributed by atoms with van der Waals surface area (Å²) in [6, 6.07) is 11.1. The van der Waals surface area contributed by atoms with Crippen molar-refractivity contribution in [3.63, 3.8) is 0 Å². The summed E-state index contributed by atoms with van der Waals surface area (Å²) in [5.41, 5.74) is 2.05. The molecule has 7 heteroatoms. The molecule has 2 N–H and O–H groups in total. The zero-order valence-corrected chi connectivity index (χ0v) is 16.4. The van der Waals surface area contributed by atoms with Gasteiger partial charge < -0.3 is 10.1 Å². The predicted molar refractivity (Wildman–Crippen MR) is 103 cm³/mol. The molecule has 2 aromatic rings. The lowest BCUT2D eigenvalue weighted by Gasteiger charge is -2.14. The molecule has 120 valence electrons. The smallest absolute Gasteiger partial charge is 0.261 e. The summed E-state index contributed by atoms with van der Waals surface area (Å²) in [6.45, 7) is 1.87. The van der Waals surface area contributed by atoms with E-state index in [1.807, 2.05) is 37.3 Å². The number of methoxy groups -OCH3 is 1. The second kappa shape index (κ2) is 7.90. The molecule has 0 aliphatic heterocycles.